The number of nitrogens with one attached hydrogen (secondary N) is 1. The number of anilines is 1. The van der Waals surface area contributed by atoms with Crippen molar-refractivity contribution in [3.8, 4) is 11.5 Å². The van der Waals surface area contributed by atoms with Crippen LogP contribution in [-0.4, -0.2) is 43.0 Å². The average molecular weight is 389 g/mol. The van der Waals surface area contributed by atoms with Crippen LogP contribution in [-0.2, 0) is 14.3 Å². The molecule has 6 nitrogen and oxygen atoms in total. The van der Waals surface area contributed by atoms with E-state index in [2.05, 4.69) is 5.32 Å². The van der Waals surface area contributed by atoms with Crippen molar-refractivity contribution in [2.45, 2.75) is 18.9 Å². The van der Waals surface area contributed by atoms with E-state index in [1.54, 1.807) is 36.4 Å². The Morgan fingerprint density at radius 1 is 1.19 bits per heavy atom. The van der Waals surface area contributed by atoms with Crippen molar-refractivity contribution in [3.63, 3.8) is 0 Å². The SMILES string of the molecule is COC(=O)C1CCCN1CC(=O)Nc1ccc(Oc2ccccc2Cl)cc1. The first kappa shape index (κ1) is 19.2. The fourth-order valence-corrected chi connectivity index (χ4v) is 3.24. The highest BCUT2D eigenvalue weighted by atomic mass is 35.5. The number of amides is 1. The molecule has 1 N–H and O–H groups in total. The lowest BCUT2D eigenvalue weighted by Gasteiger charge is -2.21. The van der Waals surface area contributed by atoms with Crippen molar-refractivity contribution in [2.24, 2.45) is 0 Å². The third-order valence-corrected chi connectivity index (χ3v) is 4.70. The van der Waals surface area contributed by atoms with Gasteiger partial charge >= 0.3 is 5.97 Å². The molecule has 1 aliphatic rings. The van der Waals surface area contributed by atoms with Gasteiger partial charge in [0.1, 0.15) is 17.5 Å². The second-order valence-corrected chi connectivity index (χ2v) is 6.66. The van der Waals surface area contributed by atoms with Gasteiger partial charge in [-0.3, -0.25) is 14.5 Å². The minimum Gasteiger partial charge on any atom is -0.468 e. The molecule has 0 aliphatic carbocycles. The van der Waals surface area contributed by atoms with Crippen molar-refractivity contribution in [1.82, 2.24) is 4.90 Å². The molecule has 0 bridgehead atoms. The van der Waals surface area contributed by atoms with E-state index >= 15 is 0 Å². The molecule has 1 saturated heterocycles. The summed E-state index contributed by atoms with van der Waals surface area (Å²) in [4.78, 5) is 25.9. The fraction of sp³-hybridized carbons (Fsp3) is 0.300. The third kappa shape index (κ3) is 4.99. The second-order valence-electron chi connectivity index (χ2n) is 6.26. The van der Waals surface area contributed by atoms with E-state index in [4.69, 9.17) is 21.1 Å². The number of likely N-dealkylation sites (tertiary alicyclic amines) is 1. The van der Waals surface area contributed by atoms with Crippen LogP contribution in [0.2, 0.25) is 5.02 Å². The van der Waals surface area contributed by atoms with Gasteiger partial charge < -0.3 is 14.8 Å². The number of hydrogen-bond acceptors (Lipinski definition) is 5. The van der Waals surface area contributed by atoms with Crippen LogP contribution >= 0.6 is 11.6 Å². The topological polar surface area (TPSA) is 67.9 Å². The first-order valence-electron chi connectivity index (χ1n) is 8.71. The molecule has 2 aromatic rings. The number of methoxy groups -OCH3 is 1. The van der Waals surface area contributed by atoms with Crippen molar-refractivity contribution < 1.29 is 19.1 Å². The Kier molecular flexibility index (Phi) is 6.32. The Morgan fingerprint density at radius 3 is 2.63 bits per heavy atom. The number of ether oxygens (including phenoxy) is 2. The molecule has 1 atom stereocenters. The van der Waals surface area contributed by atoms with E-state index in [1.807, 2.05) is 17.0 Å². The first-order chi connectivity index (χ1) is 13.1. The number of hydrogen-bond donors (Lipinski definition) is 1. The van der Waals surface area contributed by atoms with Crippen molar-refractivity contribution in [3.05, 3.63) is 53.6 Å². The zero-order valence-electron chi connectivity index (χ0n) is 15.0. The number of carbonyl (C=O) groups excluding carboxylic acids is 2. The van der Waals surface area contributed by atoms with E-state index in [-0.39, 0.29) is 24.5 Å². The van der Waals surface area contributed by atoms with Gasteiger partial charge in [0.25, 0.3) is 0 Å². The molecule has 7 heteroatoms. The quantitative estimate of drug-likeness (QED) is 0.764. The molecule has 1 fully saturated rings. The standard InChI is InChI=1S/C20H21ClN2O4/c1-26-20(25)17-6-4-12-23(17)13-19(24)22-14-8-10-15(11-9-14)27-18-7-3-2-5-16(18)21/h2-3,5,7-11,17H,4,6,12-13H2,1H3,(H,22,24). The molecular weight excluding hydrogens is 368 g/mol. The van der Waals surface area contributed by atoms with Gasteiger partial charge in [0.05, 0.1) is 18.7 Å². The lowest BCUT2D eigenvalue weighted by Crippen LogP contribution is -2.41. The molecule has 1 amide bonds. The number of para-hydroxylation sites is 1. The molecule has 0 saturated carbocycles. The number of esters is 1. The van der Waals surface area contributed by atoms with Crippen LogP contribution in [0.3, 0.4) is 0 Å². The van der Waals surface area contributed by atoms with Gasteiger partial charge in [0.2, 0.25) is 5.91 Å². The molecular formula is C20H21ClN2O4. The molecule has 2 aromatic carbocycles. The third-order valence-electron chi connectivity index (χ3n) is 4.39. The molecule has 0 spiro atoms. The first-order valence-corrected chi connectivity index (χ1v) is 9.09. The highest BCUT2D eigenvalue weighted by Gasteiger charge is 2.32. The number of nitrogens with zero attached hydrogens (tertiary/aromatic N) is 1. The van der Waals surface area contributed by atoms with Gasteiger partial charge in [-0.1, -0.05) is 23.7 Å². The van der Waals surface area contributed by atoms with Crippen LogP contribution in [0.25, 0.3) is 0 Å². The molecule has 142 valence electrons. The minimum atomic E-state index is -0.341. The Hall–Kier alpha value is -2.57. The molecule has 1 unspecified atom stereocenters. The maximum absolute atomic E-state index is 12.3. The summed E-state index contributed by atoms with van der Waals surface area (Å²) in [6, 6.07) is 13.9. The molecule has 1 aliphatic heterocycles. The highest BCUT2D eigenvalue weighted by Crippen LogP contribution is 2.29. The van der Waals surface area contributed by atoms with Crippen molar-refractivity contribution >= 4 is 29.2 Å². The summed E-state index contributed by atoms with van der Waals surface area (Å²) in [5.41, 5.74) is 0.653. The summed E-state index contributed by atoms with van der Waals surface area (Å²) in [6.45, 7) is 0.857. The minimum absolute atomic E-state index is 0.150. The number of benzene rings is 2. The van der Waals surface area contributed by atoms with E-state index < -0.39 is 0 Å². The summed E-state index contributed by atoms with van der Waals surface area (Å²) in [5.74, 6) is 0.720. The van der Waals surface area contributed by atoms with Crippen LogP contribution in [0.4, 0.5) is 5.69 Å². The van der Waals surface area contributed by atoms with E-state index in [1.165, 1.54) is 7.11 Å². The monoisotopic (exact) mass is 388 g/mol. The van der Waals surface area contributed by atoms with Gasteiger partial charge in [-0.25, -0.2) is 0 Å². The Labute approximate surface area is 163 Å². The number of rotatable bonds is 6. The van der Waals surface area contributed by atoms with Gasteiger partial charge in [-0.2, -0.15) is 0 Å². The normalized spacial score (nSPS) is 16.7. The second kappa shape index (κ2) is 8.88. The van der Waals surface area contributed by atoms with Gasteiger partial charge in [-0.15, -0.1) is 0 Å². The van der Waals surface area contributed by atoms with E-state index in [9.17, 15) is 9.59 Å². The van der Waals surface area contributed by atoms with Crippen LogP contribution in [0.1, 0.15) is 12.8 Å². The summed E-state index contributed by atoms with van der Waals surface area (Å²) in [5, 5.41) is 3.36. The summed E-state index contributed by atoms with van der Waals surface area (Å²) < 4.78 is 10.5. The maximum Gasteiger partial charge on any atom is 0.323 e. The van der Waals surface area contributed by atoms with Gasteiger partial charge in [-0.05, 0) is 55.8 Å². The summed E-state index contributed by atoms with van der Waals surface area (Å²) in [7, 11) is 1.37. The molecule has 0 radical (unpaired) electrons. The number of carbonyl (C=O) groups is 2. The van der Waals surface area contributed by atoms with Crippen LogP contribution in [0.5, 0.6) is 11.5 Å². The smallest absolute Gasteiger partial charge is 0.323 e. The lowest BCUT2D eigenvalue weighted by atomic mass is 10.2. The summed E-state index contributed by atoms with van der Waals surface area (Å²) in [6.07, 6.45) is 1.59. The molecule has 3 rings (SSSR count). The fourth-order valence-electron chi connectivity index (χ4n) is 3.06. The largest absolute Gasteiger partial charge is 0.468 e. The Bertz CT molecular complexity index is 810. The zero-order valence-corrected chi connectivity index (χ0v) is 15.7. The van der Waals surface area contributed by atoms with Crippen LogP contribution in [0, 0.1) is 0 Å². The molecule has 27 heavy (non-hydrogen) atoms. The Morgan fingerprint density at radius 2 is 1.93 bits per heavy atom. The average Bonchev–Trinajstić information content (AvgIpc) is 3.12. The molecule has 0 aromatic heterocycles. The lowest BCUT2D eigenvalue weighted by molar-refractivity contribution is -0.146. The highest BCUT2D eigenvalue weighted by molar-refractivity contribution is 6.32. The number of halogens is 1. The predicted molar refractivity (Wildman–Crippen MR) is 103 cm³/mol. The van der Waals surface area contributed by atoms with Gasteiger partial charge in [0.15, 0.2) is 0 Å². The molecule has 1 heterocycles. The van der Waals surface area contributed by atoms with Gasteiger partial charge in [0, 0.05) is 5.69 Å². The van der Waals surface area contributed by atoms with Crippen molar-refractivity contribution in [2.75, 3.05) is 25.5 Å². The summed E-state index contributed by atoms with van der Waals surface area (Å²) >= 11 is 6.08. The van der Waals surface area contributed by atoms with Crippen LogP contribution < -0.4 is 10.1 Å². The Balaban J connectivity index is 1.55. The van der Waals surface area contributed by atoms with Crippen LogP contribution in [0.15, 0.2) is 48.5 Å². The zero-order chi connectivity index (χ0) is 19.2. The van der Waals surface area contributed by atoms with Crippen molar-refractivity contribution in [1.29, 1.82) is 0 Å². The maximum atomic E-state index is 12.3. The van der Waals surface area contributed by atoms with E-state index in [0.29, 0.717) is 35.2 Å². The van der Waals surface area contributed by atoms with E-state index in [0.717, 1.165) is 6.42 Å². The predicted octanol–water partition coefficient (Wildman–Crippen LogP) is 3.71.